The Kier molecular flexibility index (Phi) is 12.3. The lowest BCUT2D eigenvalue weighted by Gasteiger charge is -2.21. The van der Waals surface area contributed by atoms with Gasteiger partial charge in [0, 0.05) is 6.61 Å². The molecule has 96 valence electrons. The molecule has 16 heavy (non-hydrogen) atoms. The topological polar surface area (TPSA) is 18.5 Å². The lowest BCUT2D eigenvalue weighted by atomic mass is 10.4. The van der Waals surface area contributed by atoms with Crippen molar-refractivity contribution in [1.29, 1.82) is 0 Å². The third kappa shape index (κ3) is 8.59. The zero-order valence-electron chi connectivity index (χ0n) is 11.6. The summed E-state index contributed by atoms with van der Waals surface area (Å²) in [5.41, 5.74) is 0. The Morgan fingerprint density at radius 2 is 1.50 bits per heavy atom. The number of unbranched alkanes of at least 4 members (excludes halogenated alkanes) is 2. The molecule has 1 atom stereocenters. The Bertz CT molecular complexity index is 134. The van der Waals surface area contributed by atoms with Crippen molar-refractivity contribution in [2.75, 3.05) is 6.61 Å². The summed E-state index contributed by atoms with van der Waals surface area (Å²) in [7, 11) is 0. The zero-order valence-corrected chi connectivity index (χ0v) is 12.8. The van der Waals surface area contributed by atoms with Gasteiger partial charge < -0.3 is 8.53 Å². The van der Waals surface area contributed by atoms with Crippen LogP contribution in [0.2, 0.25) is 10.6 Å². The van der Waals surface area contributed by atoms with E-state index in [0.29, 0.717) is 0 Å². The van der Waals surface area contributed by atoms with Gasteiger partial charge in [0.05, 0.1) is 0 Å². The fourth-order valence-corrected chi connectivity index (χ4v) is 4.79. The molecule has 0 bridgehead atoms. The largest absolute Gasteiger partial charge is 0.478 e. The Balaban J connectivity index is 3.94. The van der Waals surface area contributed by atoms with Gasteiger partial charge in [-0.1, -0.05) is 57.0 Å². The summed E-state index contributed by atoms with van der Waals surface area (Å²) >= 11 is -1.00. The highest BCUT2D eigenvalue weighted by atomic mass is 27.2. The third-order valence-corrected chi connectivity index (χ3v) is 5.58. The van der Waals surface area contributed by atoms with Crippen molar-refractivity contribution in [3.8, 4) is 0 Å². The molecule has 0 aliphatic heterocycles. The Hall–Kier alpha value is 0.452. The van der Waals surface area contributed by atoms with Gasteiger partial charge in [0.2, 0.25) is 0 Å². The van der Waals surface area contributed by atoms with Gasteiger partial charge >= 0.3 is 14.5 Å². The van der Waals surface area contributed by atoms with Gasteiger partial charge in [-0.25, -0.2) is 0 Å². The van der Waals surface area contributed by atoms with Crippen LogP contribution in [0, 0.1) is 0 Å². The lowest BCUT2D eigenvalue weighted by Crippen LogP contribution is -2.27. The summed E-state index contributed by atoms with van der Waals surface area (Å²) in [5, 5.41) is 2.64. The van der Waals surface area contributed by atoms with E-state index in [-0.39, 0.29) is 6.29 Å². The third-order valence-electron chi connectivity index (χ3n) is 2.79. The van der Waals surface area contributed by atoms with Crippen LogP contribution in [0.25, 0.3) is 0 Å². The van der Waals surface area contributed by atoms with Gasteiger partial charge in [0.15, 0.2) is 0 Å². The SMILES string of the molecule is CCC[CH2][Al]([CH2]CCC)[O]C(CC)OCC. The fourth-order valence-electron chi connectivity index (χ4n) is 1.80. The van der Waals surface area contributed by atoms with Crippen molar-refractivity contribution in [3.05, 3.63) is 0 Å². The second-order valence-electron chi connectivity index (χ2n) is 4.34. The summed E-state index contributed by atoms with van der Waals surface area (Å²) < 4.78 is 11.8. The number of rotatable bonds is 11. The van der Waals surface area contributed by atoms with Crippen LogP contribution in [-0.4, -0.2) is 27.4 Å². The van der Waals surface area contributed by atoms with Crippen molar-refractivity contribution < 1.29 is 8.53 Å². The van der Waals surface area contributed by atoms with Crippen LogP contribution in [0.1, 0.15) is 59.8 Å². The van der Waals surface area contributed by atoms with Crippen molar-refractivity contribution in [3.63, 3.8) is 0 Å². The molecule has 0 saturated carbocycles. The van der Waals surface area contributed by atoms with E-state index in [4.69, 9.17) is 8.53 Å². The zero-order chi connectivity index (χ0) is 12.2. The Labute approximate surface area is 106 Å². The van der Waals surface area contributed by atoms with E-state index in [1.54, 1.807) is 0 Å². The van der Waals surface area contributed by atoms with Crippen LogP contribution >= 0.6 is 0 Å². The summed E-state index contributed by atoms with van der Waals surface area (Å²) in [6, 6.07) is 0. The van der Waals surface area contributed by atoms with E-state index in [1.165, 1.54) is 36.2 Å². The van der Waals surface area contributed by atoms with E-state index in [9.17, 15) is 0 Å². The summed E-state index contributed by atoms with van der Waals surface area (Å²) in [6.45, 7) is 9.46. The summed E-state index contributed by atoms with van der Waals surface area (Å²) in [6.07, 6.45) is 6.26. The number of hydrogen-bond acceptors (Lipinski definition) is 2. The quantitative estimate of drug-likeness (QED) is 0.397. The fraction of sp³-hybridized carbons (Fsp3) is 1.00. The molecule has 0 aromatic heterocycles. The normalized spacial score (nSPS) is 12.8. The molecule has 0 spiro atoms. The van der Waals surface area contributed by atoms with Crippen molar-refractivity contribution in [2.24, 2.45) is 0 Å². The maximum absolute atomic E-state index is 6.16. The molecule has 3 heteroatoms. The van der Waals surface area contributed by atoms with Crippen LogP contribution < -0.4 is 0 Å². The average molecular weight is 244 g/mol. The Morgan fingerprint density at radius 1 is 0.938 bits per heavy atom. The first-order valence-corrected chi connectivity index (χ1v) is 9.15. The lowest BCUT2D eigenvalue weighted by molar-refractivity contribution is -0.0799. The molecule has 0 N–H and O–H groups in total. The first kappa shape index (κ1) is 16.5. The molecule has 0 amide bonds. The van der Waals surface area contributed by atoms with E-state index in [0.717, 1.165) is 13.0 Å². The molecule has 0 aromatic rings. The van der Waals surface area contributed by atoms with Crippen LogP contribution in [0.3, 0.4) is 0 Å². The molecule has 0 aromatic carbocycles. The summed E-state index contributed by atoms with van der Waals surface area (Å²) in [4.78, 5) is 0. The smallest absolute Gasteiger partial charge is 0.462 e. The molecule has 1 unspecified atom stereocenters. The monoisotopic (exact) mass is 244 g/mol. The minimum absolute atomic E-state index is 0.0652. The van der Waals surface area contributed by atoms with Crippen LogP contribution in [-0.2, 0) is 8.53 Å². The highest BCUT2D eigenvalue weighted by Crippen LogP contribution is 2.14. The van der Waals surface area contributed by atoms with E-state index < -0.39 is 14.5 Å². The minimum Gasteiger partial charge on any atom is -0.478 e. The average Bonchev–Trinajstić information content (AvgIpc) is 2.31. The van der Waals surface area contributed by atoms with E-state index >= 15 is 0 Å². The maximum Gasteiger partial charge on any atom is 0.462 e. The number of ether oxygens (including phenoxy) is 1. The molecular formula is C13H29AlO2. The first-order valence-electron chi connectivity index (χ1n) is 7.05. The highest BCUT2D eigenvalue weighted by Gasteiger charge is 2.22. The van der Waals surface area contributed by atoms with E-state index in [2.05, 4.69) is 20.8 Å². The molecule has 0 rings (SSSR count). The van der Waals surface area contributed by atoms with Crippen LogP contribution in [0.4, 0.5) is 0 Å². The predicted molar refractivity (Wildman–Crippen MR) is 72.0 cm³/mol. The maximum atomic E-state index is 6.16. The van der Waals surface area contributed by atoms with Gasteiger partial charge in [0.1, 0.15) is 6.29 Å². The molecule has 0 heterocycles. The van der Waals surface area contributed by atoms with E-state index in [1.807, 2.05) is 6.92 Å². The molecular weight excluding hydrogens is 215 g/mol. The van der Waals surface area contributed by atoms with Gasteiger partial charge in [0.25, 0.3) is 0 Å². The van der Waals surface area contributed by atoms with Crippen LogP contribution in [0.15, 0.2) is 0 Å². The molecule has 0 saturated heterocycles. The molecule has 0 fully saturated rings. The van der Waals surface area contributed by atoms with Gasteiger partial charge in [-0.2, -0.15) is 0 Å². The molecule has 2 nitrogen and oxygen atoms in total. The second kappa shape index (κ2) is 11.9. The predicted octanol–water partition coefficient (Wildman–Crippen LogP) is 4.37. The molecule has 0 aliphatic rings. The van der Waals surface area contributed by atoms with Gasteiger partial charge in [-0.05, 0) is 13.3 Å². The summed E-state index contributed by atoms with van der Waals surface area (Å²) in [5.74, 6) is 0. The van der Waals surface area contributed by atoms with Crippen molar-refractivity contribution >= 4 is 14.5 Å². The minimum atomic E-state index is -1.00. The Morgan fingerprint density at radius 3 is 1.88 bits per heavy atom. The first-order chi connectivity index (χ1) is 7.78. The van der Waals surface area contributed by atoms with Gasteiger partial charge in [-0.15, -0.1) is 0 Å². The molecule has 0 radical (unpaired) electrons. The molecule has 0 aliphatic carbocycles. The van der Waals surface area contributed by atoms with Crippen molar-refractivity contribution in [2.45, 2.75) is 76.7 Å². The van der Waals surface area contributed by atoms with Gasteiger partial charge in [-0.3, -0.25) is 0 Å². The number of hydrogen-bond donors (Lipinski definition) is 0. The highest BCUT2D eigenvalue weighted by molar-refractivity contribution is 6.51. The van der Waals surface area contributed by atoms with Crippen molar-refractivity contribution in [1.82, 2.24) is 0 Å². The van der Waals surface area contributed by atoms with Crippen LogP contribution in [0.5, 0.6) is 0 Å². The standard InChI is InChI=1S/C5H11O2.2C4H9.Al/c1-3-5(6)7-4-2;2*1-3-4-2;/h5H,3-4H2,1-2H3;2*1,3-4H2,2H3;/q-1;;;+1. The second-order valence-corrected chi connectivity index (χ2v) is 7.01.